The second kappa shape index (κ2) is 9.59. The van der Waals surface area contributed by atoms with Gasteiger partial charge in [0.2, 0.25) is 0 Å². The summed E-state index contributed by atoms with van der Waals surface area (Å²) in [5, 5.41) is 7.62. The number of anilines is 3. The molecule has 0 aliphatic heterocycles. The van der Waals surface area contributed by atoms with Crippen LogP contribution in [0, 0.1) is 0 Å². The van der Waals surface area contributed by atoms with Crippen molar-refractivity contribution in [1.29, 1.82) is 0 Å². The molecule has 9 aromatic rings. The molecular formula is C40H26N2S. The molecule has 7 aromatic carbocycles. The van der Waals surface area contributed by atoms with Gasteiger partial charge >= 0.3 is 0 Å². The maximum atomic E-state index is 2.47. The maximum Gasteiger partial charge on any atom is 0.0562 e. The summed E-state index contributed by atoms with van der Waals surface area (Å²) in [5.74, 6) is 0. The van der Waals surface area contributed by atoms with Gasteiger partial charge in [0.15, 0.2) is 0 Å². The number of hydrogen-bond donors (Lipinski definition) is 0. The summed E-state index contributed by atoms with van der Waals surface area (Å²) in [6.07, 6.45) is 0. The lowest BCUT2D eigenvalue weighted by Gasteiger charge is -2.28. The summed E-state index contributed by atoms with van der Waals surface area (Å²) in [5.41, 5.74) is 7.04. The van der Waals surface area contributed by atoms with E-state index in [1.54, 1.807) is 0 Å². The van der Waals surface area contributed by atoms with Gasteiger partial charge in [-0.05, 0) is 54.6 Å². The van der Waals surface area contributed by atoms with E-state index in [9.17, 15) is 0 Å². The molecule has 2 heterocycles. The Morgan fingerprint density at radius 1 is 0.442 bits per heavy atom. The smallest absolute Gasteiger partial charge is 0.0562 e. The van der Waals surface area contributed by atoms with Crippen molar-refractivity contribution < 1.29 is 0 Å². The van der Waals surface area contributed by atoms with E-state index in [0.717, 1.165) is 11.4 Å². The molecule has 0 spiro atoms. The van der Waals surface area contributed by atoms with Gasteiger partial charge in [-0.3, -0.25) is 0 Å². The van der Waals surface area contributed by atoms with Gasteiger partial charge in [0.05, 0.1) is 22.4 Å². The molecule has 0 amide bonds. The Morgan fingerprint density at radius 2 is 1.07 bits per heavy atom. The molecule has 0 radical (unpaired) electrons. The lowest BCUT2D eigenvalue weighted by Crippen LogP contribution is -2.11. The fourth-order valence-corrected chi connectivity index (χ4v) is 7.96. The number of nitrogens with zero attached hydrogens (tertiary/aromatic N) is 2. The molecule has 2 nitrogen and oxygen atoms in total. The summed E-state index contributed by atoms with van der Waals surface area (Å²) in [7, 11) is 0. The van der Waals surface area contributed by atoms with E-state index in [2.05, 4.69) is 167 Å². The van der Waals surface area contributed by atoms with Crippen LogP contribution < -0.4 is 4.90 Å². The fraction of sp³-hybridized carbons (Fsp3) is 0. The minimum Gasteiger partial charge on any atom is -0.309 e. The largest absolute Gasteiger partial charge is 0.309 e. The first kappa shape index (κ1) is 24.2. The van der Waals surface area contributed by atoms with Crippen LogP contribution in [-0.2, 0) is 0 Å². The van der Waals surface area contributed by atoms with E-state index in [0.29, 0.717) is 0 Å². The summed E-state index contributed by atoms with van der Waals surface area (Å²) in [4.78, 5) is 2.47. The summed E-state index contributed by atoms with van der Waals surface area (Å²) in [6, 6.07) is 57.1. The Kier molecular flexibility index (Phi) is 5.40. The zero-order valence-electron chi connectivity index (χ0n) is 23.3. The zero-order valence-corrected chi connectivity index (χ0v) is 24.1. The van der Waals surface area contributed by atoms with Crippen LogP contribution in [0.5, 0.6) is 0 Å². The van der Waals surface area contributed by atoms with Gasteiger partial charge < -0.3 is 9.47 Å². The first-order valence-corrected chi connectivity index (χ1v) is 15.4. The first-order chi connectivity index (χ1) is 21.4. The topological polar surface area (TPSA) is 8.17 Å². The van der Waals surface area contributed by atoms with E-state index in [1.165, 1.54) is 64.1 Å². The second-order valence-electron chi connectivity index (χ2n) is 10.9. The third-order valence-electron chi connectivity index (χ3n) is 8.55. The minimum atomic E-state index is 1.13. The molecule has 0 atom stereocenters. The number of hydrogen-bond acceptors (Lipinski definition) is 2. The number of para-hydroxylation sites is 3. The number of benzene rings is 7. The van der Waals surface area contributed by atoms with Gasteiger partial charge in [-0.25, -0.2) is 0 Å². The van der Waals surface area contributed by atoms with E-state index in [1.807, 2.05) is 11.3 Å². The van der Waals surface area contributed by atoms with E-state index in [-0.39, 0.29) is 0 Å². The van der Waals surface area contributed by atoms with Crippen molar-refractivity contribution in [3.05, 3.63) is 158 Å². The van der Waals surface area contributed by atoms with Crippen LogP contribution in [0.3, 0.4) is 0 Å². The number of fused-ring (bicyclic) bond motifs is 8. The van der Waals surface area contributed by atoms with Crippen molar-refractivity contribution in [2.45, 2.75) is 0 Å². The second-order valence-corrected chi connectivity index (χ2v) is 12.0. The molecule has 3 heteroatoms. The molecule has 202 valence electrons. The van der Waals surface area contributed by atoms with Crippen molar-refractivity contribution in [2.75, 3.05) is 4.90 Å². The van der Waals surface area contributed by atoms with Crippen molar-refractivity contribution in [3.63, 3.8) is 0 Å². The Labute approximate surface area is 253 Å². The quantitative estimate of drug-likeness (QED) is 0.206. The van der Waals surface area contributed by atoms with Crippen LogP contribution in [-0.4, -0.2) is 4.57 Å². The van der Waals surface area contributed by atoms with Crippen molar-refractivity contribution >= 4 is 81.1 Å². The fourth-order valence-electron chi connectivity index (χ4n) is 6.74. The van der Waals surface area contributed by atoms with Gasteiger partial charge in [0.1, 0.15) is 0 Å². The number of aromatic nitrogens is 1. The molecule has 0 unspecified atom stereocenters. The monoisotopic (exact) mass is 566 g/mol. The molecule has 0 aliphatic rings. The molecule has 43 heavy (non-hydrogen) atoms. The van der Waals surface area contributed by atoms with Crippen LogP contribution in [0.1, 0.15) is 0 Å². The molecular weight excluding hydrogens is 541 g/mol. The Balaban J connectivity index is 1.44. The standard InChI is InChI=1S/C40H26N2S/c1-3-14-27(15-4-1)41-34-22-11-9-21-32(34)39-35(41)23-13-24-36(39)42(28-16-5-2-6-17-28)37-26-33-30-19-10-12-25-38(30)43-40(33)31-20-8-7-18-29(31)37/h1-26H. The highest BCUT2D eigenvalue weighted by Crippen LogP contribution is 2.48. The average Bonchev–Trinajstić information content (AvgIpc) is 3.62. The molecule has 0 N–H and O–H groups in total. The third-order valence-corrected chi connectivity index (χ3v) is 9.77. The van der Waals surface area contributed by atoms with Crippen molar-refractivity contribution in [1.82, 2.24) is 4.57 Å². The van der Waals surface area contributed by atoms with Crippen molar-refractivity contribution in [2.24, 2.45) is 0 Å². The Morgan fingerprint density at radius 3 is 1.88 bits per heavy atom. The van der Waals surface area contributed by atoms with Gasteiger partial charge in [-0.15, -0.1) is 11.3 Å². The van der Waals surface area contributed by atoms with E-state index >= 15 is 0 Å². The van der Waals surface area contributed by atoms with E-state index in [4.69, 9.17) is 0 Å². The van der Waals surface area contributed by atoms with Crippen LogP contribution in [0.15, 0.2) is 158 Å². The minimum absolute atomic E-state index is 1.13. The average molecular weight is 567 g/mol. The highest BCUT2D eigenvalue weighted by molar-refractivity contribution is 7.26. The van der Waals surface area contributed by atoms with Crippen molar-refractivity contribution in [3.8, 4) is 5.69 Å². The predicted molar refractivity (Wildman–Crippen MR) is 186 cm³/mol. The zero-order chi connectivity index (χ0) is 28.3. The summed E-state index contributed by atoms with van der Waals surface area (Å²) in [6.45, 7) is 0. The molecule has 0 bridgehead atoms. The SMILES string of the molecule is c1ccc(N(c2cc3c4ccccc4sc3c3ccccc23)c2cccc3c2c2ccccc2n3-c2ccccc2)cc1. The molecule has 0 saturated heterocycles. The maximum absolute atomic E-state index is 2.47. The highest BCUT2D eigenvalue weighted by Gasteiger charge is 2.23. The summed E-state index contributed by atoms with van der Waals surface area (Å²) >= 11 is 1.89. The highest BCUT2D eigenvalue weighted by atomic mass is 32.1. The van der Waals surface area contributed by atoms with Crippen LogP contribution in [0.2, 0.25) is 0 Å². The van der Waals surface area contributed by atoms with Gasteiger partial charge in [-0.2, -0.15) is 0 Å². The van der Waals surface area contributed by atoms with Crippen LogP contribution in [0.4, 0.5) is 17.1 Å². The molecule has 2 aromatic heterocycles. The Bertz CT molecular complexity index is 2450. The molecule has 0 aliphatic carbocycles. The van der Waals surface area contributed by atoms with Gasteiger partial charge in [0, 0.05) is 53.1 Å². The predicted octanol–water partition coefficient (Wildman–Crippen LogP) is 11.8. The van der Waals surface area contributed by atoms with E-state index < -0.39 is 0 Å². The summed E-state index contributed by atoms with van der Waals surface area (Å²) < 4.78 is 5.05. The van der Waals surface area contributed by atoms with Gasteiger partial charge in [0.25, 0.3) is 0 Å². The first-order valence-electron chi connectivity index (χ1n) is 14.6. The Hall–Kier alpha value is -5.38. The van der Waals surface area contributed by atoms with Crippen LogP contribution >= 0.6 is 11.3 Å². The number of thiophene rings is 1. The lowest BCUT2D eigenvalue weighted by atomic mass is 10.0. The molecule has 0 saturated carbocycles. The normalized spacial score (nSPS) is 11.7. The third kappa shape index (κ3) is 3.65. The van der Waals surface area contributed by atoms with Crippen LogP contribution in [0.25, 0.3) is 58.4 Å². The molecule has 0 fully saturated rings. The van der Waals surface area contributed by atoms with Gasteiger partial charge in [-0.1, -0.05) is 103 Å². The molecule has 9 rings (SSSR count). The lowest BCUT2D eigenvalue weighted by molar-refractivity contribution is 1.18. The number of rotatable bonds is 4.